The summed E-state index contributed by atoms with van der Waals surface area (Å²) in [5, 5.41) is 0. The SMILES string of the molecule is CC1CN2CCCCC2CN1CCc1ccc(Cl)s1. The standard InChI is InChI=1S/C15H23ClN2S/c1-12-10-18-8-3-2-4-13(18)11-17(12)9-7-14-5-6-15(16)19-14/h5-6,12-13H,2-4,7-11H2,1H3. The predicted molar refractivity (Wildman–Crippen MR) is 83.3 cm³/mol. The second-order valence-electron chi connectivity index (χ2n) is 5.94. The maximum Gasteiger partial charge on any atom is 0.0931 e. The summed E-state index contributed by atoms with van der Waals surface area (Å²) in [5.74, 6) is 0. The van der Waals surface area contributed by atoms with Crippen LogP contribution in [0.2, 0.25) is 4.34 Å². The number of fused-ring (bicyclic) bond motifs is 1. The molecule has 0 amide bonds. The van der Waals surface area contributed by atoms with Crippen molar-refractivity contribution in [1.82, 2.24) is 9.80 Å². The van der Waals surface area contributed by atoms with Gasteiger partial charge in [-0.2, -0.15) is 0 Å². The average Bonchev–Trinajstić information content (AvgIpc) is 2.82. The first-order valence-corrected chi connectivity index (χ1v) is 8.64. The molecule has 2 unspecified atom stereocenters. The highest BCUT2D eigenvalue weighted by Gasteiger charge is 2.32. The van der Waals surface area contributed by atoms with Crippen LogP contribution in [0.25, 0.3) is 0 Å². The zero-order valence-corrected chi connectivity index (χ0v) is 13.2. The summed E-state index contributed by atoms with van der Waals surface area (Å²) >= 11 is 7.73. The molecular weight excluding hydrogens is 276 g/mol. The van der Waals surface area contributed by atoms with Crippen molar-refractivity contribution in [2.24, 2.45) is 0 Å². The first-order valence-electron chi connectivity index (χ1n) is 7.44. The van der Waals surface area contributed by atoms with Crippen LogP contribution in [-0.4, -0.2) is 48.1 Å². The Hall–Kier alpha value is -0.0900. The molecule has 0 spiro atoms. The maximum atomic E-state index is 6.00. The van der Waals surface area contributed by atoms with Crippen molar-refractivity contribution in [3.63, 3.8) is 0 Å². The quantitative estimate of drug-likeness (QED) is 0.843. The molecule has 19 heavy (non-hydrogen) atoms. The number of thiophene rings is 1. The number of nitrogens with zero attached hydrogens (tertiary/aromatic N) is 2. The zero-order valence-electron chi connectivity index (χ0n) is 11.6. The average molecular weight is 299 g/mol. The van der Waals surface area contributed by atoms with Gasteiger partial charge in [0, 0.05) is 36.6 Å². The highest BCUT2D eigenvalue weighted by atomic mass is 35.5. The van der Waals surface area contributed by atoms with Gasteiger partial charge in [0.05, 0.1) is 4.34 Å². The third-order valence-electron chi connectivity index (χ3n) is 4.59. The van der Waals surface area contributed by atoms with Crippen molar-refractivity contribution in [3.8, 4) is 0 Å². The Kier molecular flexibility index (Phi) is 4.47. The van der Waals surface area contributed by atoms with Crippen molar-refractivity contribution >= 4 is 22.9 Å². The maximum absolute atomic E-state index is 6.00. The summed E-state index contributed by atoms with van der Waals surface area (Å²) in [4.78, 5) is 6.82. The molecule has 0 radical (unpaired) electrons. The van der Waals surface area contributed by atoms with Gasteiger partial charge in [0.1, 0.15) is 0 Å². The van der Waals surface area contributed by atoms with Gasteiger partial charge in [-0.15, -0.1) is 11.3 Å². The summed E-state index contributed by atoms with van der Waals surface area (Å²) in [7, 11) is 0. The van der Waals surface area contributed by atoms with Gasteiger partial charge >= 0.3 is 0 Å². The molecule has 3 heterocycles. The molecule has 1 aromatic heterocycles. The lowest BCUT2D eigenvalue weighted by Gasteiger charge is -2.47. The normalized spacial score (nSPS) is 29.4. The Morgan fingerprint density at radius 1 is 1.32 bits per heavy atom. The van der Waals surface area contributed by atoms with Crippen LogP contribution in [-0.2, 0) is 6.42 Å². The number of halogens is 1. The van der Waals surface area contributed by atoms with Crippen LogP contribution in [0.3, 0.4) is 0 Å². The van der Waals surface area contributed by atoms with Crippen molar-refractivity contribution in [3.05, 3.63) is 21.3 Å². The highest BCUT2D eigenvalue weighted by molar-refractivity contribution is 7.16. The van der Waals surface area contributed by atoms with Crippen LogP contribution in [0.15, 0.2) is 12.1 Å². The molecule has 0 bridgehead atoms. The van der Waals surface area contributed by atoms with Crippen molar-refractivity contribution in [1.29, 1.82) is 0 Å². The number of piperazine rings is 1. The van der Waals surface area contributed by atoms with Gasteiger partial charge in [-0.25, -0.2) is 0 Å². The Bertz CT molecular complexity index is 420. The summed E-state index contributed by atoms with van der Waals surface area (Å²) in [5.41, 5.74) is 0. The molecule has 0 saturated carbocycles. The van der Waals surface area contributed by atoms with E-state index in [-0.39, 0.29) is 0 Å². The number of rotatable bonds is 3. The van der Waals surface area contributed by atoms with Gasteiger partial charge in [0.25, 0.3) is 0 Å². The topological polar surface area (TPSA) is 6.48 Å². The fourth-order valence-corrected chi connectivity index (χ4v) is 4.54. The molecule has 106 valence electrons. The molecule has 2 aliphatic rings. The lowest BCUT2D eigenvalue weighted by molar-refractivity contribution is 0.0161. The minimum absolute atomic E-state index is 0.699. The fourth-order valence-electron chi connectivity index (χ4n) is 3.46. The minimum Gasteiger partial charge on any atom is -0.298 e. The first kappa shape index (κ1) is 13.9. The Labute approximate surface area is 125 Å². The largest absolute Gasteiger partial charge is 0.298 e. The van der Waals surface area contributed by atoms with E-state index in [1.807, 2.05) is 6.07 Å². The third-order valence-corrected chi connectivity index (χ3v) is 5.88. The predicted octanol–water partition coefficient (Wildman–Crippen LogP) is 3.50. The van der Waals surface area contributed by atoms with Crippen LogP contribution in [0.5, 0.6) is 0 Å². The fraction of sp³-hybridized carbons (Fsp3) is 0.733. The molecular formula is C15H23ClN2S. The molecule has 2 atom stereocenters. The van der Waals surface area contributed by atoms with E-state index in [1.165, 1.54) is 50.3 Å². The van der Waals surface area contributed by atoms with Gasteiger partial charge in [-0.1, -0.05) is 18.0 Å². The van der Waals surface area contributed by atoms with Crippen molar-refractivity contribution < 1.29 is 0 Å². The van der Waals surface area contributed by atoms with Crippen LogP contribution in [0.4, 0.5) is 0 Å². The van der Waals surface area contributed by atoms with Gasteiger partial charge in [0.15, 0.2) is 0 Å². The summed E-state index contributed by atoms with van der Waals surface area (Å²) in [6.07, 6.45) is 5.36. The third kappa shape index (κ3) is 3.33. The molecule has 1 aromatic rings. The molecule has 3 rings (SSSR count). The van der Waals surface area contributed by atoms with E-state index >= 15 is 0 Å². The van der Waals surface area contributed by atoms with E-state index < -0.39 is 0 Å². The van der Waals surface area contributed by atoms with Gasteiger partial charge < -0.3 is 0 Å². The van der Waals surface area contributed by atoms with Gasteiger partial charge in [-0.05, 0) is 44.9 Å². The molecule has 0 aromatic carbocycles. The highest BCUT2D eigenvalue weighted by Crippen LogP contribution is 2.25. The van der Waals surface area contributed by atoms with E-state index in [0.29, 0.717) is 6.04 Å². The van der Waals surface area contributed by atoms with E-state index in [1.54, 1.807) is 11.3 Å². The van der Waals surface area contributed by atoms with Crippen molar-refractivity contribution in [2.75, 3.05) is 26.2 Å². The number of piperidine rings is 1. The van der Waals surface area contributed by atoms with Crippen LogP contribution in [0, 0.1) is 0 Å². The molecule has 2 aliphatic heterocycles. The van der Waals surface area contributed by atoms with E-state index in [0.717, 1.165) is 16.8 Å². The van der Waals surface area contributed by atoms with Crippen LogP contribution < -0.4 is 0 Å². The summed E-state index contributed by atoms with van der Waals surface area (Å²) in [6, 6.07) is 5.71. The Balaban J connectivity index is 1.55. The molecule has 2 nitrogen and oxygen atoms in total. The lowest BCUT2D eigenvalue weighted by atomic mass is 9.97. The smallest absolute Gasteiger partial charge is 0.0931 e. The molecule has 4 heteroatoms. The monoisotopic (exact) mass is 298 g/mol. The molecule has 0 aliphatic carbocycles. The summed E-state index contributed by atoms with van der Waals surface area (Å²) in [6.45, 7) is 7.41. The summed E-state index contributed by atoms with van der Waals surface area (Å²) < 4.78 is 0.917. The minimum atomic E-state index is 0.699. The van der Waals surface area contributed by atoms with E-state index in [9.17, 15) is 0 Å². The molecule has 0 N–H and O–H groups in total. The lowest BCUT2D eigenvalue weighted by Crippen LogP contribution is -2.58. The van der Waals surface area contributed by atoms with Gasteiger partial charge in [0.2, 0.25) is 0 Å². The van der Waals surface area contributed by atoms with Crippen molar-refractivity contribution in [2.45, 2.75) is 44.7 Å². The van der Waals surface area contributed by atoms with E-state index in [4.69, 9.17) is 11.6 Å². The first-order chi connectivity index (χ1) is 9.22. The molecule has 2 saturated heterocycles. The zero-order chi connectivity index (χ0) is 13.2. The van der Waals surface area contributed by atoms with Gasteiger partial charge in [-0.3, -0.25) is 9.80 Å². The number of hydrogen-bond donors (Lipinski definition) is 0. The van der Waals surface area contributed by atoms with Crippen LogP contribution in [0.1, 0.15) is 31.1 Å². The second kappa shape index (κ2) is 6.13. The molecule has 2 fully saturated rings. The Morgan fingerprint density at radius 2 is 2.21 bits per heavy atom. The van der Waals surface area contributed by atoms with Crippen LogP contribution >= 0.6 is 22.9 Å². The second-order valence-corrected chi connectivity index (χ2v) is 7.74. The Morgan fingerprint density at radius 3 is 3.00 bits per heavy atom. The van der Waals surface area contributed by atoms with E-state index in [2.05, 4.69) is 22.8 Å². The number of hydrogen-bond acceptors (Lipinski definition) is 3.